The van der Waals surface area contributed by atoms with E-state index in [1.54, 1.807) is 0 Å². The van der Waals surface area contributed by atoms with Crippen molar-refractivity contribution in [3.63, 3.8) is 0 Å². The maximum atomic E-state index is 12.4. The van der Waals surface area contributed by atoms with Crippen LogP contribution >= 0.6 is 0 Å². The SMILES string of the molecule is Cc1n[nH]c(C)c1C(=O)N1CCN(CCC(=O)O)CC1. The maximum Gasteiger partial charge on any atom is 0.304 e. The number of nitrogens with zero attached hydrogens (tertiary/aromatic N) is 3. The van der Waals surface area contributed by atoms with Crippen molar-refractivity contribution in [2.45, 2.75) is 20.3 Å². The average molecular weight is 280 g/mol. The Balaban J connectivity index is 1.91. The molecule has 1 aliphatic heterocycles. The summed E-state index contributed by atoms with van der Waals surface area (Å²) in [7, 11) is 0. The Morgan fingerprint density at radius 3 is 2.40 bits per heavy atom. The number of aliphatic carboxylic acids is 1. The van der Waals surface area contributed by atoms with Crippen LogP contribution in [0.1, 0.15) is 28.2 Å². The third-order valence-corrected chi connectivity index (χ3v) is 3.64. The lowest BCUT2D eigenvalue weighted by atomic mass is 10.1. The molecule has 7 heteroatoms. The molecule has 0 unspecified atom stereocenters. The minimum absolute atomic E-state index is 0.00614. The highest BCUT2D eigenvalue weighted by Crippen LogP contribution is 2.14. The highest BCUT2D eigenvalue weighted by molar-refractivity contribution is 5.96. The van der Waals surface area contributed by atoms with Gasteiger partial charge in [-0.1, -0.05) is 0 Å². The first kappa shape index (κ1) is 14.5. The van der Waals surface area contributed by atoms with E-state index in [1.165, 1.54) is 0 Å². The van der Waals surface area contributed by atoms with Gasteiger partial charge in [-0.05, 0) is 13.8 Å². The molecule has 1 amide bonds. The summed E-state index contributed by atoms with van der Waals surface area (Å²) in [5.41, 5.74) is 2.17. The van der Waals surface area contributed by atoms with Crippen LogP contribution in [0.15, 0.2) is 0 Å². The number of aromatic nitrogens is 2. The number of aryl methyl sites for hydroxylation is 2. The summed E-state index contributed by atoms with van der Waals surface area (Å²) in [4.78, 5) is 26.9. The van der Waals surface area contributed by atoms with Gasteiger partial charge in [-0.25, -0.2) is 0 Å². The molecule has 110 valence electrons. The minimum atomic E-state index is -0.784. The van der Waals surface area contributed by atoms with Gasteiger partial charge in [0.2, 0.25) is 0 Å². The summed E-state index contributed by atoms with van der Waals surface area (Å²) >= 11 is 0. The quantitative estimate of drug-likeness (QED) is 0.825. The molecular formula is C13H20N4O3. The summed E-state index contributed by atoms with van der Waals surface area (Å²) in [6.07, 6.45) is 0.147. The number of carbonyl (C=O) groups excluding carboxylic acids is 1. The van der Waals surface area contributed by atoms with E-state index in [2.05, 4.69) is 15.1 Å². The molecule has 2 rings (SSSR count). The molecule has 0 bridgehead atoms. The van der Waals surface area contributed by atoms with Crippen LogP contribution in [-0.2, 0) is 4.79 Å². The smallest absolute Gasteiger partial charge is 0.304 e. The fraction of sp³-hybridized carbons (Fsp3) is 0.615. The number of hydrogen-bond donors (Lipinski definition) is 2. The average Bonchev–Trinajstić information content (AvgIpc) is 2.76. The topological polar surface area (TPSA) is 89.5 Å². The molecule has 20 heavy (non-hydrogen) atoms. The lowest BCUT2D eigenvalue weighted by Gasteiger charge is -2.34. The Hall–Kier alpha value is -1.89. The summed E-state index contributed by atoms with van der Waals surface area (Å²) in [5.74, 6) is -0.778. The summed E-state index contributed by atoms with van der Waals surface area (Å²) in [6, 6.07) is 0. The highest BCUT2D eigenvalue weighted by Gasteiger charge is 2.25. The standard InChI is InChI=1S/C13H20N4O3/c1-9-12(10(2)15-14-9)13(20)17-7-5-16(6-8-17)4-3-11(18)19/h3-8H2,1-2H3,(H,14,15)(H,18,19). The molecule has 1 aliphatic rings. The summed E-state index contributed by atoms with van der Waals surface area (Å²) in [5, 5.41) is 15.5. The van der Waals surface area contributed by atoms with Crippen molar-refractivity contribution in [2.75, 3.05) is 32.7 Å². The van der Waals surface area contributed by atoms with Gasteiger partial charge in [-0.3, -0.25) is 19.6 Å². The van der Waals surface area contributed by atoms with Crippen molar-refractivity contribution in [3.8, 4) is 0 Å². The minimum Gasteiger partial charge on any atom is -0.481 e. The Kier molecular flexibility index (Phi) is 4.39. The van der Waals surface area contributed by atoms with E-state index in [-0.39, 0.29) is 12.3 Å². The molecular weight excluding hydrogens is 260 g/mol. The van der Waals surface area contributed by atoms with Crippen LogP contribution in [0.3, 0.4) is 0 Å². The van der Waals surface area contributed by atoms with Crippen LogP contribution in [0.5, 0.6) is 0 Å². The first-order chi connectivity index (χ1) is 9.49. The van der Waals surface area contributed by atoms with Crippen LogP contribution in [-0.4, -0.2) is 69.7 Å². The monoisotopic (exact) mass is 280 g/mol. The van der Waals surface area contributed by atoms with E-state index < -0.39 is 5.97 Å². The molecule has 7 nitrogen and oxygen atoms in total. The fourth-order valence-corrected chi connectivity index (χ4v) is 2.45. The van der Waals surface area contributed by atoms with E-state index >= 15 is 0 Å². The molecule has 0 saturated carbocycles. The largest absolute Gasteiger partial charge is 0.481 e. The zero-order valence-corrected chi connectivity index (χ0v) is 11.8. The van der Waals surface area contributed by atoms with E-state index in [0.717, 1.165) is 24.5 Å². The van der Waals surface area contributed by atoms with Crippen molar-refractivity contribution < 1.29 is 14.7 Å². The number of piperazine rings is 1. The lowest BCUT2D eigenvalue weighted by Crippen LogP contribution is -2.49. The van der Waals surface area contributed by atoms with E-state index in [4.69, 9.17) is 5.11 Å². The van der Waals surface area contributed by atoms with E-state index in [1.807, 2.05) is 18.7 Å². The Bertz CT molecular complexity index is 484. The molecule has 0 atom stereocenters. The Morgan fingerprint density at radius 1 is 1.25 bits per heavy atom. The second-order valence-electron chi connectivity index (χ2n) is 5.09. The Morgan fingerprint density at radius 2 is 1.90 bits per heavy atom. The van der Waals surface area contributed by atoms with Crippen molar-refractivity contribution in [3.05, 3.63) is 17.0 Å². The number of aromatic amines is 1. The number of carbonyl (C=O) groups is 2. The molecule has 1 fully saturated rings. The number of rotatable bonds is 4. The second kappa shape index (κ2) is 6.04. The van der Waals surface area contributed by atoms with Gasteiger partial charge in [-0.2, -0.15) is 5.10 Å². The number of carboxylic acid groups (broad SMARTS) is 1. The summed E-state index contributed by atoms with van der Waals surface area (Å²) < 4.78 is 0. The first-order valence-electron chi connectivity index (χ1n) is 6.74. The van der Waals surface area contributed by atoms with Crippen LogP contribution in [0.25, 0.3) is 0 Å². The molecule has 1 saturated heterocycles. The number of amides is 1. The number of hydrogen-bond acceptors (Lipinski definition) is 4. The molecule has 1 aromatic rings. The molecule has 2 N–H and O–H groups in total. The predicted octanol–water partition coefficient (Wildman–Crippen LogP) is 0.259. The van der Waals surface area contributed by atoms with Crippen LogP contribution in [0, 0.1) is 13.8 Å². The van der Waals surface area contributed by atoms with E-state index in [0.29, 0.717) is 25.2 Å². The second-order valence-corrected chi connectivity index (χ2v) is 5.09. The third-order valence-electron chi connectivity index (χ3n) is 3.64. The number of H-pyrrole nitrogens is 1. The van der Waals surface area contributed by atoms with Crippen molar-refractivity contribution in [1.29, 1.82) is 0 Å². The number of nitrogens with one attached hydrogen (secondary N) is 1. The number of carboxylic acids is 1. The molecule has 0 radical (unpaired) electrons. The first-order valence-corrected chi connectivity index (χ1v) is 6.74. The zero-order chi connectivity index (χ0) is 14.7. The van der Waals surface area contributed by atoms with Crippen LogP contribution in [0.2, 0.25) is 0 Å². The molecule has 0 aromatic carbocycles. The van der Waals surface area contributed by atoms with Gasteiger partial charge in [0.05, 0.1) is 17.7 Å². The van der Waals surface area contributed by atoms with Gasteiger partial charge in [-0.15, -0.1) is 0 Å². The molecule has 0 aliphatic carbocycles. The maximum absolute atomic E-state index is 12.4. The van der Waals surface area contributed by atoms with Crippen molar-refractivity contribution in [1.82, 2.24) is 20.0 Å². The van der Waals surface area contributed by atoms with Crippen molar-refractivity contribution >= 4 is 11.9 Å². The van der Waals surface area contributed by atoms with Gasteiger partial charge >= 0.3 is 5.97 Å². The van der Waals surface area contributed by atoms with Crippen molar-refractivity contribution in [2.24, 2.45) is 0 Å². The van der Waals surface area contributed by atoms with Crippen LogP contribution in [0.4, 0.5) is 0 Å². The zero-order valence-electron chi connectivity index (χ0n) is 11.8. The summed E-state index contributed by atoms with van der Waals surface area (Å²) in [6.45, 7) is 6.90. The van der Waals surface area contributed by atoms with Gasteiger partial charge in [0.15, 0.2) is 0 Å². The predicted molar refractivity (Wildman–Crippen MR) is 72.7 cm³/mol. The Labute approximate surface area is 117 Å². The van der Waals surface area contributed by atoms with Gasteiger partial charge < -0.3 is 10.0 Å². The third kappa shape index (κ3) is 3.16. The lowest BCUT2D eigenvalue weighted by molar-refractivity contribution is -0.137. The highest BCUT2D eigenvalue weighted by atomic mass is 16.4. The molecule has 0 spiro atoms. The molecule has 1 aromatic heterocycles. The van der Waals surface area contributed by atoms with E-state index in [9.17, 15) is 9.59 Å². The van der Waals surface area contributed by atoms with Gasteiger partial charge in [0, 0.05) is 38.4 Å². The molecule has 2 heterocycles. The van der Waals surface area contributed by atoms with Gasteiger partial charge in [0.1, 0.15) is 0 Å². The normalized spacial score (nSPS) is 16.4. The van der Waals surface area contributed by atoms with Gasteiger partial charge in [0.25, 0.3) is 5.91 Å². The fourth-order valence-electron chi connectivity index (χ4n) is 2.45. The van der Waals surface area contributed by atoms with Crippen LogP contribution < -0.4 is 0 Å².